The predicted molar refractivity (Wildman–Crippen MR) is 95.7 cm³/mol. The van der Waals surface area contributed by atoms with Crippen LogP contribution >= 0.6 is 46.0 Å². The minimum Gasteiger partial charge on any atom is -0.326 e. The highest BCUT2D eigenvalue weighted by molar-refractivity contribution is 14.1. The van der Waals surface area contributed by atoms with Crippen LogP contribution in [0.1, 0.15) is 5.82 Å². The molecule has 3 rings (SSSR count). The Balaban J connectivity index is 1.86. The van der Waals surface area contributed by atoms with Crippen molar-refractivity contribution in [3.05, 3.63) is 27.3 Å². The summed E-state index contributed by atoms with van der Waals surface area (Å²) in [5.41, 5.74) is 1.67. The van der Waals surface area contributed by atoms with E-state index in [2.05, 4.69) is 14.5 Å². The lowest BCUT2D eigenvalue weighted by atomic mass is 10.3. The molecule has 1 aromatic carbocycles. The summed E-state index contributed by atoms with van der Waals surface area (Å²) < 4.78 is 16.5. The van der Waals surface area contributed by atoms with Crippen LogP contribution in [0.15, 0.2) is 12.1 Å². The molecule has 0 spiro atoms. The summed E-state index contributed by atoms with van der Waals surface area (Å²) >= 11 is 10.0. The molecule has 1 saturated heterocycles. The molecule has 0 bridgehead atoms. The van der Waals surface area contributed by atoms with Crippen LogP contribution in [0.4, 0.5) is 4.39 Å². The van der Waals surface area contributed by atoms with E-state index in [9.17, 15) is 4.39 Å². The second-order valence-electron chi connectivity index (χ2n) is 5.02. The van der Waals surface area contributed by atoms with Gasteiger partial charge in [0.2, 0.25) is 0 Å². The van der Waals surface area contributed by atoms with Crippen molar-refractivity contribution in [2.75, 3.05) is 31.1 Å². The average Bonchev–Trinajstić information content (AvgIpc) is 2.83. The number of hydrogen-bond acceptors (Lipinski definition) is 3. The molecule has 3 nitrogen and oxygen atoms in total. The van der Waals surface area contributed by atoms with E-state index < -0.39 is 0 Å². The quantitative estimate of drug-likeness (QED) is 0.537. The highest BCUT2D eigenvalue weighted by atomic mass is 127. The predicted octanol–water partition coefficient (Wildman–Crippen LogP) is 3.57. The Kier molecular flexibility index (Phi) is 5.29. The third-order valence-electron chi connectivity index (χ3n) is 3.73. The summed E-state index contributed by atoms with van der Waals surface area (Å²) in [6.07, 6.45) is 0. The topological polar surface area (TPSA) is 21.1 Å². The molecule has 1 fully saturated rings. The molecule has 2 aromatic rings. The van der Waals surface area contributed by atoms with Crippen molar-refractivity contribution in [3.63, 3.8) is 0 Å². The van der Waals surface area contributed by atoms with Crippen LogP contribution < -0.4 is 0 Å². The number of rotatable bonds is 4. The monoisotopic (exact) mass is 439 g/mol. The van der Waals surface area contributed by atoms with Gasteiger partial charge in [-0.25, -0.2) is 9.37 Å². The van der Waals surface area contributed by atoms with Gasteiger partial charge in [-0.15, -0.1) is 11.6 Å². The molecule has 114 valence electrons. The van der Waals surface area contributed by atoms with Gasteiger partial charge < -0.3 is 4.57 Å². The molecule has 0 radical (unpaired) electrons. The first-order valence-corrected chi connectivity index (χ1v) is 9.66. The van der Waals surface area contributed by atoms with Crippen LogP contribution in [0.5, 0.6) is 0 Å². The normalized spacial score (nSPS) is 16.7. The van der Waals surface area contributed by atoms with Crippen LogP contribution in [0.2, 0.25) is 0 Å². The second-order valence-corrected chi connectivity index (χ2v) is 7.68. The lowest BCUT2D eigenvalue weighted by molar-refractivity contribution is 0.290. The fourth-order valence-corrected chi connectivity index (χ4v) is 4.22. The summed E-state index contributed by atoms with van der Waals surface area (Å²) in [5, 5.41) is 0. The molecule has 0 aliphatic carbocycles. The van der Waals surface area contributed by atoms with Crippen molar-refractivity contribution in [3.8, 4) is 0 Å². The maximum Gasteiger partial charge on any atom is 0.138 e. The van der Waals surface area contributed by atoms with Crippen molar-refractivity contribution < 1.29 is 4.39 Å². The number of alkyl halides is 1. The average molecular weight is 440 g/mol. The SMILES string of the molecule is Fc1cc2c(cc1I)nc(CCl)n2CCN1CCSCC1. The molecule has 0 N–H and O–H groups in total. The van der Waals surface area contributed by atoms with Crippen molar-refractivity contribution in [2.45, 2.75) is 12.4 Å². The number of imidazole rings is 1. The minimum atomic E-state index is -0.195. The van der Waals surface area contributed by atoms with Crippen molar-refractivity contribution in [1.82, 2.24) is 14.5 Å². The van der Waals surface area contributed by atoms with Crippen molar-refractivity contribution in [2.24, 2.45) is 0 Å². The van der Waals surface area contributed by atoms with Gasteiger partial charge >= 0.3 is 0 Å². The fraction of sp³-hybridized carbons (Fsp3) is 0.500. The second kappa shape index (κ2) is 7.02. The first kappa shape index (κ1) is 15.8. The van der Waals surface area contributed by atoms with Gasteiger partial charge in [0, 0.05) is 43.8 Å². The van der Waals surface area contributed by atoms with E-state index >= 15 is 0 Å². The van der Waals surface area contributed by atoms with E-state index in [4.69, 9.17) is 11.6 Å². The summed E-state index contributed by atoms with van der Waals surface area (Å²) in [7, 11) is 0. The van der Waals surface area contributed by atoms with E-state index in [-0.39, 0.29) is 5.82 Å². The first-order valence-electron chi connectivity index (χ1n) is 6.89. The molecule has 0 saturated carbocycles. The van der Waals surface area contributed by atoms with Gasteiger partial charge in [-0.2, -0.15) is 11.8 Å². The van der Waals surface area contributed by atoms with E-state index in [1.165, 1.54) is 11.5 Å². The molecule has 1 aliphatic rings. The summed E-state index contributed by atoms with van der Waals surface area (Å²) in [4.78, 5) is 6.98. The van der Waals surface area contributed by atoms with Crippen molar-refractivity contribution in [1.29, 1.82) is 0 Å². The Morgan fingerprint density at radius 1 is 1.29 bits per heavy atom. The van der Waals surface area contributed by atoms with Gasteiger partial charge in [0.25, 0.3) is 0 Å². The number of halogens is 3. The zero-order valence-electron chi connectivity index (χ0n) is 11.5. The molecule has 2 heterocycles. The van der Waals surface area contributed by atoms with E-state index in [1.807, 2.05) is 34.4 Å². The van der Waals surface area contributed by atoms with Gasteiger partial charge in [0.15, 0.2) is 0 Å². The highest BCUT2D eigenvalue weighted by Crippen LogP contribution is 2.23. The zero-order chi connectivity index (χ0) is 14.8. The third kappa shape index (κ3) is 3.48. The van der Waals surface area contributed by atoms with Gasteiger partial charge in [0.05, 0.1) is 20.5 Å². The smallest absolute Gasteiger partial charge is 0.138 e. The fourth-order valence-electron chi connectivity index (χ4n) is 2.59. The summed E-state index contributed by atoms with van der Waals surface area (Å²) in [5.74, 6) is 3.36. The van der Waals surface area contributed by atoms with E-state index in [1.54, 1.807) is 12.1 Å². The highest BCUT2D eigenvalue weighted by Gasteiger charge is 2.15. The first-order chi connectivity index (χ1) is 10.2. The number of benzene rings is 1. The van der Waals surface area contributed by atoms with E-state index in [0.717, 1.165) is 43.0 Å². The molecule has 0 atom stereocenters. The Morgan fingerprint density at radius 2 is 2.05 bits per heavy atom. The number of hydrogen-bond donors (Lipinski definition) is 0. The number of nitrogens with zero attached hydrogens (tertiary/aromatic N) is 3. The maximum atomic E-state index is 13.8. The minimum absolute atomic E-state index is 0.195. The number of aromatic nitrogens is 2. The standard InChI is InChI=1S/C14H16ClFIN3S/c15-9-14-18-12-8-11(17)10(16)7-13(12)20(14)2-1-19-3-5-21-6-4-19/h7-8H,1-6,9H2. The third-order valence-corrected chi connectivity index (χ3v) is 5.74. The Labute approximate surface area is 146 Å². The summed E-state index contributed by atoms with van der Waals surface area (Å²) in [6, 6.07) is 3.36. The maximum absolute atomic E-state index is 13.8. The van der Waals surface area contributed by atoms with Crippen molar-refractivity contribution >= 4 is 57.0 Å². The number of thioether (sulfide) groups is 1. The van der Waals surface area contributed by atoms with Crippen LogP contribution in [0.3, 0.4) is 0 Å². The van der Waals surface area contributed by atoms with Crippen LogP contribution in [-0.4, -0.2) is 45.6 Å². The molecule has 0 amide bonds. The Hall–Kier alpha value is -0.0500. The molecule has 1 aromatic heterocycles. The van der Waals surface area contributed by atoms with E-state index in [0.29, 0.717) is 9.45 Å². The van der Waals surface area contributed by atoms with Gasteiger partial charge in [-0.1, -0.05) is 0 Å². The molecular weight excluding hydrogens is 424 g/mol. The van der Waals surface area contributed by atoms with Gasteiger partial charge in [0.1, 0.15) is 11.6 Å². The number of fused-ring (bicyclic) bond motifs is 1. The summed E-state index contributed by atoms with van der Waals surface area (Å²) in [6.45, 7) is 4.02. The molecular formula is C14H16ClFIN3S. The lowest BCUT2D eigenvalue weighted by Crippen LogP contribution is -2.35. The lowest BCUT2D eigenvalue weighted by Gasteiger charge is -2.26. The van der Waals surface area contributed by atoms with Crippen LogP contribution in [0.25, 0.3) is 11.0 Å². The van der Waals surface area contributed by atoms with Crippen LogP contribution in [0, 0.1) is 9.39 Å². The zero-order valence-corrected chi connectivity index (χ0v) is 15.2. The largest absolute Gasteiger partial charge is 0.326 e. The molecule has 21 heavy (non-hydrogen) atoms. The van der Waals surface area contributed by atoms with Gasteiger partial charge in [-0.05, 0) is 28.7 Å². The van der Waals surface area contributed by atoms with Crippen LogP contribution in [-0.2, 0) is 12.4 Å². The Morgan fingerprint density at radius 3 is 2.76 bits per heavy atom. The Bertz CT molecular complexity index is 643. The molecule has 7 heteroatoms. The molecule has 0 unspecified atom stereocenters. The van der Waals surface area contributed by atoms with Gasteiger partial charge in [-0.3, -0.25) is 4.90 Å². The molecule has 1 aliphatic heterocycles.